The lowest BCUT2D eigenvalue weighted by atomic mass is 10.2. The van der Waals surface area contributed by atoms with Crippen molar-refractivity contribution in [2.24, 2.45) is 0 Å². The van der Waals surface area contributed by atoms with Crippen molar-refractivity contribution >= 4 is 29.1 Å². The number of nitrogens with zero attached hydrogens (tertiary/aromatic N) is 3. The molecule has 1 N–H and O–H groups in total. The first kappa shape index (κ1) is 15.7. The molecule has 0 bridgehead atoms. The predicted molar refractivity (Wildman–Crippen MR) is 89.2 cm³/mol. The van der Waals surface area contributed by atoms with E-state index in [0.717, 1.165) is 24.3 Å². The van der Waals surface area contributed by atoms with Gasteiger partial charge in [0.05, 0.1) is 18.8 Å². The van der Waals surface area contributed by atoms with E-state index in [4.69, 9.17) is 16.3 Å². The minimum Gasteiger partial charge on any atom is -0.378 e. The van der Waals surface area contributed by atoms with E-state index in [1.807, 2.05) is 11.8 Å². The zero-order valence-electron chi connectivity index (χ0n) is 12.8. The SMILES string of the molecule is Cc1cc(Cl)ccc1NC(=O)c1cnc(N2CCOCC2)nc1. The molecule has 1 amide bonds. The maximum Gasteiger partial charge on any atom is 0.258 e. The molecule has 23 heavy (non-hydrogen) atoms. The van der Waals surface area contributed by atoms with Crippen LogP contribution in [0.3, 0.4) is 0 Å². The molecule has 1 aliphatic rings. The van der Waals surface area contributed by atoms with Gasteiger partial charge in [-0.1, -0.05) is 11.6 Å². The minimum absolute atomic E-state index is 0.246. The third-order valence-electron chi connectivity index (χ3n) is 3.63. The summed E-state index contributed by atoms with van der Waals surface area (Å²) in [5.74, 6) is 0.372. The summed E-state index contributed by atoms with van der Waals surface area (Å²) in [5, 5.41) is 3.48. The van der Waals surface area contributed by atoms with Crippen molar-refractivity contribution in [3.8, 4) is 0 Å². The average molecular weight is 333 g/mol. The van der Waals surface area contributed by atoms with E-state index in [1.54, 1.807) is 30.6 Å². The maximum absolute atomic E-state index is 12.3. The van der Waals surface area contributed by atoms with Crippen LogP contribution in [0.5, 0.6) is 0 Å². The summed E-state index contributed by atoms with van der Waals surface area (Å²) in [5.41, 5.74) is 2.03. The maximum atomic E-state index is 12.3. The topological polar surface area (TPSA) is 67.4 Å². The molecule has 7 heteroatoms. The first-order valence-corrected chi connectivity index (χ1v) is 7.73. The number of carbonyl (C=O) groups excluding carboxylic acids is 1. The van der Waals surface area contributed by atoms with Gasteiger partial charge in [0.25, 0.3) is 5.91 Å². The summed E-state index contributed by atoms with van der Waals surface area (Å²) in [7, 11) is 0. The Hall–Kier alpha value is -2.18. The number of aryl methyl sites for hydroxylation is 1. The normalized spacial score (nSPS) is 14.6. The zero-order chi connectivity index (χ0) is 16.2. The van der Waals surface area contributed by atoms with E-state index in [0.29, 0.717) is 29.7 Å². The van der Waals surface area contributed by atoms with Gasteiger partial charge in [0.15, 0.2) is 0 Å². The molecule has 1 fully saturated rings. The number of halogens is 1. The molecule has 1 aromatic carbocycles. The van der Waals surface area contributed by atoms with Crippen molar-refractivity contribution in [3.63, 3.8) is 0 Å². The van der Waals surface area contributed by atoms with Crippen LogP contribution in [0.2, 0.25) is 5.02 Å². The fraction of sp³-hybridized carbons (Fsp3) is 0.312. The fourth-order valence-corrected chi connectivity index (χ4v) is 2.55. The van der Waals surface area contributed by atoms with Crippen LogP contribution in [0.1, 0.15) is 15.9 Å². The summed E-state index contributed by atoms with van der Waals surface area (Å²) in [4.78, 5) is 22.9. The molecule has 1 aliphatic heterocycles. The van der Waals surface area contributed by atoms with E-state index in [2.05, 4.69) is 15.3 Å². The van der Waals surface area contributed by atoms with Crippen LogP contribution in [0.15, 0.2) is 30.6 Å². The molecular weight excluding hydrogens is 316 g/mol. The third-order valence-corrected chi connectivity index (χ3v) is 3.87. The first-order valence-electron chi connectivity index (χ1n) is 7.36. The number of amides is 1. The van der Waals surface area contributed by atoms with Crippen LogP contribution in [-0.4, -0.2) is 42.2 Å². The molecule has 2 heterocycles. The highest BCUT2D eigenvalue weighted by Gasteiger charge is 2.15. The summed E-state index contributed by atoms with van der Waals surface area (Å²) < 4.78 is 5.30. The monoisotopic (exact) mass is 332 g/mol. The minimum atomic E-state index is -0.246. The second-order valence-corrected chi connectivity index (χ2v) is 5.72. The number of aromatic nitrogens is 2. The number of rotatable bonds is 3. The smallest absolute Gasteiger partial charge is 0.258 e. The van der Waals surface area contributed by atoms with Gasteiger partial charge in [0, 0.05) is 36.2 Å². The van der Waals surface area contributed by atoms with Gasteiger partial charge in [-0.25, -0.2) is 9.97 Å². The van der Waals surface area contributed by atoms with Crippen LogP contribution < -0.4 is 10.2 Å². The molecule has 3 rings (SSSR count). The van der Waals surface area contributed by atoms with E-state index >= 15 is 0 Å². The van der Waals surface area contributed by atoms with Gasteiger partial charge in [-0.15, -0.1) is 0 Å². The lowest BCUT2D eigenvalue weighted by molar-refractivity contribution is 0.102. The zero-order valence-corrected chi connectivity index (χ0v) is 13.5. The van der Waals surface area contributed by atoms with Crippen LogP contribution in [-0.2, 0) is 4.74 Å². The number of hydrogen-bond acceptors (Lipinski definition) is 5. The predicted octanol–water partition coefficient (Wildman–Crippen LogP) is 2.53. The third kappa shape index (κ3) is 3.78. The second-order valence-electron chi connectivity index (χ2n) is 5.28. The van der Waals surface area contributed by atoms with Gasteiger partial charge in [0.1, 0.15) is 0 Å². The van der Waals surface area contributed by atoms with Crippen LogP contribution in [0.25, 0.3) is 0 Å². The van der Waals surface area contributed by atoms with Gasteiger partial charge in [-0.3, -0.25) is 4.79 Å². The van der Waals surface area contributed by atoms with Crippen molar-refractivity contribution in [3.05, 3.63) is 46.7 Å². The number of hydrogen-bond donors (Lipinski definition) is 1. The number of ether oxygens (including phenoxy) is 1. The molecule has 0 spiro atoms. The van der Waals surface area contributed by atoms with Gasteiger partial charge < -0.3 is 15.0 Å². The fourth-order valence-electron chi connectivity index (χ4n) is 2.33. The average Bonchev–Trinajstić information content (AvgIpc) is 2.58. The van der Waals surface area contributed by atoms with Gasteiger partial charge >= 0.3 is 0 Å². The highest BCUT2D eigenvalue weighted by atomic mass is 35.5. The highest BCUT2D eigenvalue weighted by Crippen LogP contribution is 2.20. The standard InChI is InChI=1S/C16H17ClN4O2/c1-11-8-13(17)2-3-14(11)20-15(22)12-9-18-16(19-10-12)21-4-6-23-7-5-21/h2-3,8-10H,4-7H2,1H3,(H,20,22). The Labute approximate surface area is 139 Å². The van der Waals surface area contributed by atoms with E-state index in [-0.39, 0.29) is 5.91 Å². The Bertz CT molecular complexity index is 700. The lowest BCUT2D eigenvalue weighted by Crippen LogP contribution is -2.37. The summed E-state index contributed by atoms with van der Waals surface area (Å²) in [6, 6.07) is 5.32. The first-order chi connectivity index (χ1) is 11.1. The largest absolute Gasteiger partial charge is 0.378 e. The molecule has 2 aromatic rings. The molecule has 0 saturated carbocycles. The molecule has 0 atom stereocenters. The molecule has 6 nitrogen and oxygen atoms in total. The quantitative estimate of drug-likeness (QED) is 0.935. The molecule has 0 aliphatic carbocycles. The van der Waals surface area contributed by atoms with Crippen molar-refractivity contribution in [2.45, 2.75) is 6.92 Å². The van der Waals surface area contributed by atoms with Crippen molar-refractivity contribution < 1.29 is 9.53 Å². The molecule has 1 aromatic heterocycles. The van der Waals surface area contributed by atoms with Crippen LogP contribution in [0.4, 0.5) is 11.6 Å². The van der Waals surface area contributed by atoms with Crippen LogP contribution in [0, 0.1) is 6.92 Å². The summed E-state index contributed by atoms with van der Waals surface area (Å²) in [6.45, 7) is 4.74. The molecule has 1 saturated heterocycles. The highest BCUT2D eigenvalue weighted by molar-refractivity contribution is 6.30. The Balaban J connectivity index is 1.69. The van der Waals surface area contributed by atoms with E-state index < -0.39 is 0 Å². The lowest BCUT2D eigenvalue weighted by Gasteiger charge is -2.26. The van der Waals surface area contributed by atoms with Crippen molar-refractivity contribution in [2.75, 3.05) is 36.5 Å². The summed E-state index contributed by atoms with van der Waals surface area (Å²) >= 11 is 5.92. The summed E-state index contributed by atoms with van der Waals surface area (Å²) in [6.07, 6.45) is 3.08. The number of nitrogens with one attached hydrogen (secondary N) is 1. The number of morpholine rings is 1. The van der Waals surface area contributed by atoms with E-state index in [1.165, 1.54) is 0 Å². The van der Waals surface area contributed by atoms with Gasteiger partial charge in [0.2, 0.25) is 5.95 Å². The van der Waals surface area contributed by atoms with Gasteiger partial charge in [-0.05, 0) is 30.7 Å². The molecular formula is C16H17ClN4O2. The molecule has 0 unspecified atom stereocenters. The van der Waals surface area contributed by atoms with Crippen LogP contribution >= 0.6 is 11.6 Å². The Morgan fingerprint density at radius 1 is 1.26 bits per heavy atom. The number of anilines is 2. The Morgan fingerprint density at radius 2 is 1.96 bits per heavy atom. The van der Waals surface area contributed by atoms with E-state index in [9.17, 15) is 4.79 Å². The number of carbonyl (C=O) groups is 1. The Kier molecular flexibility index (Phi) is 4.73. The van der Waals surface area contributed by atoms with Gasteiger partial charge in [-0.2, -0.15) is 0 Å². The Morgan fingerprint density at radius 3 is 2.61 bits per heavy atom. The molecule has 120 valence electrons. The number of benzene rings is 1. The molecule has 0 radical (unpaired) electrons. The van der Waals surface area contributed by atoms with Crippen molar-refractivity contribution in [1.29, 1.82) is 0 Å². The van der Waals surface area contributed by atoms with Crippen molar-refractivity contribution in [1.82, 2.24) is 9.97 Å². The second kappa shape index (κ2) is 6.93.